The van der Waals surface area contributed by atoms with E-state index in [0.29, 0.717) is 41.3 Å². The van der Waals surface area contributed by atoms with Crippen molar-refractivity contribution >= 4 is 0 Å². The monoisotopic (exact) mass is 365 g/mol. The Labute approximate surface area is 155 Å². The zero-order valence-electron chi connectivity index (χ0n) is 15.0. The molecule has 3 heterocycles. The average Bonchev–Trinajstić information content (AvgIpc) is 3.47. The Bertz CT molecular complexity index is 982. The fourth-order valence-corrected chi connectivity index (χ4v) is 2.96. The predicted octanol–water partition coefficient (Wildman–Crippen LogP) is 2.12. The molecule has 0 saturated heterocycles. The van der Waals surface area contributed by atoms with Gasteiger partial charge in [-0.2, -0.15) is 4.98 Å². The van der Waals surface area contributed by atoms with Crippen molar-refractivity contribution in [3.8, 4) is 22.8 Å². The molecule has 1 aliphatic carbocycles. The minimum atomic E-state index is -0.401. The molecule has 8 heteroatoms. The molecule has 1 saturated carbocycles. The first-order chi connectivity index (χ1) is 13.1. The van der Waals surface area contributed by atoms with E-state index >= 15 is 0 Å². The van der Waals surface area contributed by atoms with Crippen molar-refractivity contribution in [1.82, 2.24) is 24.9 Å². The summed E-state index contributed by atoms with van der Waals surface area (Å²) in [6.07, 6.45) is 7.51. The Hall–Kier alpha value is -3.29. The molecule has 4 rings (SSSR count). The van der Waals surface area contributed by atoms with Gasteiger partial charge in [0.1, 0.15) is 11.6 Å². The molecule has 0 bridgehead atoms. The lowest BCUT2D eigenvalue weighted by atomic mass is 10.2. The zero-order chi connectivity index (χ0) is 18.8. The van der Waals surface area contributed by atoms with Crippen LogP contribution in [0.3, 0.4) is 0 Å². The van der Waals surface area contributed by atoms with E-state index in [0.717, 1.165) is 17.9 Å². The van der Waals surface area contributed by atoms with Crippen molar-refractivity contribution in [3.05, 3.63) is 58.9 Å². The van der Waals surface area contributed by atoms with Crippen molar-refractivity contribution < 1.29 is 9.47 Å². The van der Waals surface area contributed by atoms with Gasteiger partial charge in [0.2, 0.25) is 5.88 Å². The SMILES string of the molecule is COc1ccc(C2CC2COc2nc(C)ncc2-c2cnc(=O)[nH]c2)nc1. The summed E-state index contributed by atoms with van der Waals surface area (Å²) in [6.45, 7) is 2.35. The highest BCUT2D eigenvalue weighted by molar-refractivity contribution is 5.65. The molecular formula is C19H19N5O3. The minimum Gasteiger partial charge on any atom is -0.495 e. The first-order valence-electron chi connectivity index (χ1n) is 8.65. The first kappa shape index (κ1) is 17.1. The number of hydrogen-bond acceptors (Lipinski definition) is 7. The number of nitrogens with zero attached hydrogens (tertiary/aromatic N) is 4. The summed E-state index contributed by atoms with van der Waals surface area (Å²) < 4.78 is 11.1. The highest BCUT2D eigenvalue weighted by Gasteiger charge is 2.40. The number of aromatic nitrogens is 5. The number of H-pyrrole nitrogens is 1. The summed E-state index contributed by atoms with van der Waals surface area (Å²) >= 11 is 0. The Kier molecular flexibility index (Phi) is 4.53. The van der Waals surface area contributed by atoms with E-state index in [2.05, 4.69) is 24.9 Å². The van der Waals surface area contributed by atoms with E-state index < -0.39 is 5.69 Å². The Morgan fingerprint density at radius 2 is 2.07 bits per heavy atom. The standard InChI is InChI=1S/C19H19N5O3/c1-11-20-9-16(13-6-22-19(25)23-7-13)18(24-11)27-10-12-5-15(12)17-4-3-14(26-2)8-21-17/h3-4,6-9,12,15H,5,10H2,1-2H3,(H,22,23,25). The molecule has 0 aliphatic heterocycles. The van der Waals surface area contributed by atoms with Gasteiger partial charge in [0.25, 0.3) is 0 Å². The van der Waals surface area contributed by atoms with Gasteiger partial charge in [-0.25, -0.2) is 14.8 Å². The van der Waals surface area contributed by atoms with Crippen LogP contribution in [-0.4, -0.2) is 38.6 Å². The molecule has 0 amide bonds. The third-order valence-electron chi connectivity index (χ3n) is 4.59. The summed E-state index contributed by atoms with van der Waals surface area (Å²) in [5, 5.41) is 0. The number of hydrogen-bond donors (Lipinski definition) is 1. The van der Waals surface area contributed by atoms with Crippen LogP contribution in [-0.2, 0) is 0 Å². The molecule has 2 unspecified atom stereocenters. The number of aryl methyl sites for hydroxylation is 1. The molecule has 0 radical (unpaired) electrons. The lowest BCUT2D eigenvalue weighted by molar-refractivity contribution is 0.285. The normalized spacial score (nSPS) is 18.1. The largest absolute Gasteiger partial charge is 0.495 e. The Balaban J connectivity index is 1.46. The van der Waals surface area contributed by atoms with E-state index in [1.807, 2.05) is 19.1 Å². The quantitative estimate of drug-likeness (QED) is 0.713. The molecule has 8 nitrogen and oxygen atoms in total. The number of aromatic amines is 1. The molecule has 138 valence electrons. The van der Waals surface area contributed by atoms with Crippen LogP contribution in [0.1, 0.15) is 23.9 Å². The van der Waals surface area contributed by atoms with E-state index in [-0.39, 0.29) is 0 Å². The maximum Gasteiger partial charge on any atom is 0.344 e. The second kappa shape index (κ2) is 7.14. The lowest BCUT2D eigenvalue weighted by Crippen LogP contribution is -2.09. The van der Waals surface area contributed by atoms with Crippen molar-refractivity contribution in [2.75, 3.05) is 13.7 Å². The van der Waals surface area contributed by atoms with Gasteiger partial charge in [-0.1, -0.05) is 0 Å². The number of rotatable bonds is 6. The maximum atomic E-state index is 11.2. The van der Waals surface area contributed by atoms with Gasteiger partial charge in [0.15, 0.2) is 0 Å². The molecule has 3 aromatic rings. The van der Waals surface area contributed by atoms with Crippen LogP contribution in [0.4, 0.5) is 0 Å². The Morgan fingerprint density at radius 1 is 1.19 bits per heavy atom. The topological polar surface area (TPSA) is 103 Å². The first-order valence-corrected chi connectivity index (χ1v) is 8.65. The van der Waals surface area contributed by atoms with Crippen LogP contribution in [0, 0.1) is 12.8 Å². The molecule has 0 spiro atoms. The smallest absolute Gasteiger partial charge is 0.344 e. The highest BCUT2D eigenvalue weighted by atomic mass is 16.5. The molecule has 2 atom stereocenters. The summed E-state index contributed by atoms with van der Waals surface area (Å²) in [5.74, 6) is 2.64. The summed E-state index contributed by atoms with van der Waals surface area (Å²) in [4.78, 5) is 30.6. The molecule has 1 N–H and O–H groups in total. The fraction of sp³-hybridized carbons (Fsp3) is 0.316. The lowest BCUT2D eigenvalue weighted by Gasteiger charge is -2.10. The van der Waals surface area contributed by atoms with Crippen molar-refractivity contribution in [2.24, 2.45) is 5.92 Å². The number of nitrogens with one attached hydrogen (secondary N) is 1. The average molecular weight is 365 g/mol. The fourth-order valence-electron chi connectivity index (χ4n) is 2.96. The molecular weight excluding hydrogens is 346 g/mol. The molecule has 3 aromatic heterocycles. The predicted molar refractivity (Wildman–Crippen MR) is 97.8 cm³/mol. The number of ether oxygens (including phenoxy) is 2. The molecule has 0 aromatic carbocycles. The molecule has 27 heavy (non-hydrogen) atoms. The number of methoxy groups -OCH3 is 1. The van der Waals surface area contributed by atoms with Crippen LogP contribution in [0.5, 0.6) is 11.6 Å². The number of pyridine rings is 1. The molecule has 1 fully saturated rings. The van der Waals surface area contributed by atoms with Crippen LogP contribution >= 0.6 is 0 Å². The second-order valence-electron chi connectivity index (χ2n) is 6.48. The zero-order valence-corrected chi connectivity index (χ0v) is 15.0. The van der Waals surface area contributed by atoms with E-state index in [9.17, 15) is 4.79 Å². The highest BCUT2D eigenvalue weighted by Crippen LogP contribution is 2.47. The van der Waals surface area contributed by atoms with Crippen LogP contribution in [0.25, 0.3) is 11.1 Å². The van der Waals surface area contributed by atoms with Crippen LogP contribution < -0.4 is 15.2 Å². The van der Waals surface area contributed by atoms with Gasteiger partial charge in [0.05, 0.1) is 25.5 Å². The van der Waals surface area contributed by atoms with Gasteiger partial charge < -0.3 is 14.5 Å². The van der Waals surface area contributed by atoms with E-state index in [4.69, 9.17) is 9.47 Å². The van der Waals surface area contributed by atoms with Gasteiger partial charge in [-0.3, -0.25) is 4.98 Å². The van der Waals surface area contributed by atoms with E-state index in [1.54, 1.807) is 25.7 Å². The summed E-state index contributed by atoms with van der Waals surface area (Å²) in [5.41, 5.74) is 2.05. The van der Waals surface area contributed by atoms with Gasteiger partial charge in [-0.15, -0.1) is 0 Å². The van der Waals surface area contributed by atoms with Gasteiger partial charge in [-0.05, 0) is 25.5 Å². The van der Waals surface area contributed by atoms with Crippen LogP contribution in [0.15, 0.2) is 41.7 Å². The van der Waals surface area contributed by atoms with Crippen LogP contribution in [0.2, 0.25) is 0 Å². The minimum absolute atomic E-state index is 0.386. The van der Waals surface area contributed by atoms with Crippen molar-refractivity contribution in [3.63, 3.8) is 0 Å². The third-order valence-corrected chi connectivity index (χ3v) is 4.59. The Morgan fingerprint density at radius 3 is 2.78 bits per heavy atom. The van der Waals surface area contributed by atoms with Gasteiger partial charge in [0, 0.05) is 41.7 Å². The summed E-state index contributed by atoms with van der Waals surface area (Å²) in [7, 11) is 1.63. The molecule has 1 aliphatic rings. The van der Waals surface area contributed by atoms with Crippen molar-refractivity contribution in [2.45, 2.75) is 19.3 Å². The summed E-state index contributed by atoms with van der Waals surface area (Å²) in [6, 6.07) is 3.92. The second-order valence-corrected chi connectivity index (χ2v) is 6.48. The van der Waals surface area contributed by atoms with Gasteiger partial charge >= 0.3 is 5.69 Å². The van der Waals surface area contributed by atoms with Crippen molar-refractivity contribution in [1.29, 1.82) is 0 Å². The maximum absolute atomic E-state index is 11.2. The van der Waals surface area contributed by atoms with E-state index in [1.165, 1.54) is 6.20 Å². The third kappa shape index (κ3) is 3.79.